The summed E-state index contributed by atoms with van der Waals surface area (Å²) in [5.74, 6) is 0. The van der Waals surface area contributed by atoms with Crippen molar-refractivity contribution in [2.75, 3.05) is 6.61 Å². The lowest BCUT2D eigenvalue weighted by atomic mass is 9.76. The molecule has 0 aromatic carbocycles. The summed E-state index contributed by atoms with van der Waals surface area (Å²) in [6, 6.07) is 0. The van der Waals surface area contributed by atoms with Crippen LogP contribution in [-0.4, -0.2) is 17.9 Å². The fraction of sp³-hybridized carbons (Fsp3) is 0.909. The van der Waals surface area contributed by atoms with Crippen molar-refractivity contribution in [1.29, 1.82) is 0 Å². The van der Waals surface area contributed by atoms with E-state index in [2.05, 4.69) is 25.5 Å². The fourth-order valence-electron chi connectivity index (χ4n) is 1.89. The van der Waals surface area contributed by atoms with Crippen molar-refractivity contribution in [3.05, 3.63) is 0 Å². The number of rotatable bonds is 7. The third-order valence-electron chi connectivity index (χ3n) is 3.33. The van der Waals surface area contributed by atoms with Crippen LogP contribution in [0.1, 0.15) is 52.9 Å². The lowest BCUT2D eigenvalue weighted by molar-refractivity contribution is 0.0842. The van der Waals surface area contributed by atoms with E-state index in [1.54, 1.807) is 0 Å². The number of ether oxygens (including phenoxy) is 1. The van der Waals surface area contributed by atoms with Crippen LogP contribution < -0.4 is 0 Å². The Morgan fingerprint density at radius 1 is 1.21 bits per heavy atom. The van der Waals surface area contributed by atoms with E-state index in [1.807, 2.05) is 0 Å². The first-order valence-corrected chi connectivity index (χ1v) is 5.46. The third-order valence-corrected chi connectivity index (χ3v) is 3.33. The van der Waals surface area contributed by atoms with E-state index >= 15 is 0 Å². The van der Waals surface area contributed by atoms with Crippen LogP contribution in [0.15, 0.2) is 0 Å². The highest BCUT2D eigenvalue weighted by Gasteiger charge is 2.22. The van der Waals surface area contributed by atoms with Gasteiger partial charge in [-0.3, -0.25) is 0 Å². The summed E-state index contributed by atoms with van der Waals surface area (Å²) in [6.07, 6.45) is 4.21. The summed E-state index contributed by atoms with van der Waals surface area (Å²) in [5, 5.41) is 8.29. The lowest BCUT2D eigenvalue weighted by Crippen LogP contribution is -2.18. The van der Waals surface area contributed by atoms with E-state index in [-0.39, 0.29) is 0 Å². The minimum atomic E-state index is -1.17. The highest BCUT2D eigenvalue weighted by Crippen LogP contribution is 2.35. The van der Waals surface area contributed by atoms with Crippen LogP contribution in [0.2, 0.25) is 0 Å². The molecule has 1 N–H and O–H groups in total. The molecule has 0 heterocycles. The van der Waals surface area contributed by atoms with E-state index in [0.29, 0.717) is 12.0 Å². The molecule has 0 saturated carbocycles. The molecule has 0 spiro atoms. The molecular formula is C11H22O3. The quantitative estimate of drug-likeness (QED) is 0.506. The Morgan fingerprint density at radius 2 is 1.71 bits per heavy atom. The molecule has 0 atom stereocenters. The first kappa shape index (κ1) is 13.3. The van der Waals surface area contributed by atoms with Gasteiger partial charge in [-0.05, 0) is 18.3 Å². The molecule has 3 heteroatoms. The van der Waals surface area contributed by atoms with Gasteiger partial charge in [-0.15, -0.1) is 0 Å². The second kappa shape index (κ2) is 6.68. The monoisotopic (exact) mass is 202 g/mol. The first-order valence-electron chi connectivity index (χ1n) is 5.46. The number of carbonyl (C=O) groups is 1. The largest absolute Gasteiger partial charge is 0.505 e. The van der Waals surface area contributed by atoms with Crippen molar-refractivity contribution < 1.29 is 14.6 Å². The Kier molecular flexibility index (Phi) is 6.34. The van der Waals surface area contributed by atoms with Crippen molar-refractivity contribution in [1.82, 2.24) is 0 Å². The molecule has 0 fully saturated rings. The standard InChI is InChI=1S/C11H22O3/c1-4-11(5-2,6-3)8-7-9-14-10(12)13/h4-9H2,1-3H3,(H,12,13). The molecule has 0 radical (unpaired) electrons. The predicted octanol–water partition coefficient (Wildman–Crippen LogP) is 3.68. The van der Waals surface area contributed by atoms with E-state index in [1.165, 1.54) is 0 Å². The minimum Gasteiger partial charge on any atom is -0.450 e. The van der Waals surface area contributed by atoms with Crippen LogP contribution in [0.5, 0.6) is 0 Å². The van der Waals surface area contributed by atoms with E-state index in [9.17, 15) is 4.79 Å². The van der Waals surface area contributed by atoms with Gasteiger partial charge in [0.2, 0.25) is 0 Å². The molecule has 0 unspecified atom stereocenters. The maximum absolute atomic E-state index is 10.1. The van der Waals surface area contributed by atoms with Gasteiger partial charge in [0.1, 0.15) is 0 Å². The van der Waals surface area contributed by atoms with Gasteiger partial charge in [-0.1, -0.05) is 40.0 Å². The normalized spacial score (nSPS) is 11.4. The second-order valence-electron chi connectivity index (χ2n) is 3.78. The van der Waals surface area contributed by atoms with Crippen LogP contribution in [0.4, 0.5) is 4.79 Å². The fourth-order valence-corrected chi connectivity index (χ4v) is 1.89. The van der Waals surface area contributed by atoms with Crippen LogP contribution >= 0.6 is 0 Å². The second-order valence-corrected chi connectivity index (χ2v) is 3.78. The molecule has 0 bridgehead atoms. The van der Waals surface area contributed by atoms with Gasteiger partial charge >= 0.3 is 6.16 Å². The topological polar surface area (TPSA) is 46.5 Å². The maximum Gasteiger partial charge on any atom is 0.505 e. The zero-order chi connectivity index (χ0) is 11.0. The molecule has 0 rings (SSSR count). The zero-order valence-electron chi connectivity index (χ0n) is 9.51. The Bertz CT molecular complexity index is 154. The molecule has 0 aromatic rings. The highest BCUT2D eigenvalue weighted by molar-refractivity contribution is 5.56. The lowest BCUT2D eigenvalue weighted by Gasteiger charge is -2.30. The molecule has 3 nitrogen and oxygen atoms in total. The summed E-state index contributed by atoms with van der Waals surface area (Å²) >= 11 is 0. The van der Waals surface area contributed by atoms with E-state index < -0.39 is 6.16 Å². The van der Waals surface area contributed by atoms with Crippen LogP contribution in [-0.2, 0) is 4.74 Å². The molecule has 0 aromatic heterocycles. The van der Waals surface area contributed by atoms with Crippen molar-refractivity contribution in [2.45, 2.75) is 52.9 Å². The Morgan fingerprint density at radius 3 is 2.07 bits per heavy atom. The Labute approximate surface area is 86.5 Å². The highest BCUT2D eigenvalue weighted by atomic mass is 16.7. The maximum atomic E-state index is 10.1. The molecule has 0 aliphatic rings. The third kappa shape index (κ3) is 4.49. The molecular weight excluding hydrogens is 180 g/mol. The van der Waals surface area contributed by atoms with Gasteiger partial charge in [-0.25, -0.2) is 4.79 Å². The molecule has 84 valence electrons. The molecule has 0 aliphatic carbocycles. The molecule has 0 saturated heterocycles. The van der Waals surface area contributed by atoms with Crippen LogP contribution in [0.3, 0.4) is 0 Å². The SMILES string of the molecule is CCC(CC)(CC)CCCOC(=O)O. The summed E-state index contributed by atoms with van der Waals surface area (Å²) in [6.45, 7) is 6.93. The van der Waals surface area contributed by atoms with Crippen LogP contribution in [0, 0.1) is 5.41 Å². The van der Waals surface area contributed by atoms with Gasteiger partial charge in [0.25, 0.3) is 0 Å². The van der Waals surface area contributed by atoms with Gasteiger partial charge in [0.15, 0.2) is 0 Å². The minimum absolute atomic E-state index is 0.330. The number of hydrogen-bond acceptors (Lipinski definition) is 2. The Balaban J connectivity index is 3.77. The van der Waals surface area contributed by atoms with Crippen molar-refractivity contribution >= 4 is 6.16 Å². The van der Waals surface area contributed by atoms with E-state index in [0.717, 1.165) is 32.1 Å². The number of hydrogen-bond donors (Lipinski definition) is 1. The Hall–Kier alpha value is -0.730. The van der Waals surface area contributed by atoms with Gasteiger partial charge in [-0.2, -0.15) is 0 Å². The average molecular weight is 202 g/mol. The van der Waals surface area contributed by atoms with Gasteiger partial charge < -0.3 is 9.84 Å². The summed E-state index contributed by atoms with van der Waals surface area (Å²) in [7, 11) is 0. The van der Waals surface area contributed by atoms with Crippen molar-refractivity contribution in [3.63, 3.8) is 0 Å². The summed E-state index contributed by atoms with van der Waals surface area (Å²) in [5.41, 5.74) is 0.391. The first-order chi connectivity index (χ1) is 6.60. The zero-order valence-corrected chi connectivity index (χ0v) is 9.51. The van der Waals surface area contributed by atoms with Crippen molar-refractivity contribution in [3.8, 4) is 0 Å². The van der Waals surface area contributed by atoms with Gasteiger partial charge in [0.05, 0.1) is 6.61 Å². The summed E-state index contributed by atoms with van der Waals surface area (Å²) in [4.78, 5) is 10.1. The number of carboxylic acid groups (broad SMARTS) is 1. The average Bonchev–Trinajstić information content (AvgIpc) is 2.19. The summed E-state index contributed by atoms with van der Waals surface area (Å²) < 4.78 is 4.49. The van der Waals surface area contributed by atoms with E-state index in [4.69, 9.17) is 5.11 Å². The molecule has 0 aliphatic heterocycles. The van der Waals surface area contributed by atoms with Gasteiger partial charge in [0, 0.05) is 0 Å². The molecule has 14 heavy (non-hydrogen) atoms. The molecule has 0 amide bonds. The predicted molar refractivity (Wildman–Crippen MR) is 56.5 cm³/mol. The van der Waals surface area contributed by atoms with Crippen LogP contribution in [0.25, 0.3) is 0 Å². The smallest absolute Gasteiger partial charge is 0.450 e. The van der Waals surface area contributed by atoms with Crippen molar-refractivity contribution in [2.24, 2.45) is 5.41 Å².